The number of hydrogen-bond acceptors (Lipinski definition) is 3. The highest BCUT2D eigenvalue weighted by molar-refractivity contribution is 5.92. The van der Waals surface area contributed by atoms with Crippen LogP contribution in [0.15, 0.2) is 30.3 Å². The largest absolute Gasteiger partial charge is 0.349 e. The number of fused-ring (bicyclic) bond motifs is 1. The van der Waals surface area contributed by atoms with Crippen LogP contribution in [0.25, 0.3) is 0 Å². The van der Waals surface area contributed by atoms with Crippen molar-refractivity contribution in [3.8, 4) is 0 Å². The lowest BCUT2D eigenvalue weighted by molar-refractivity contribution is -0.120. The van der Waals surface area contributed by atoms with Crippen LogP contribution in [0, 0.1) is 17.5 Å². The maximum atomic E-state index is 14.7. The zero-order chi connectivity index (χ0) is 20.3. The van der Waals surface area contributed by atoms with Crippen molar-refractivity contribution >= 4 is 29.9 Å². The number of halogens is 4. The van der Waals surface area contributed by atoms with Gasteiger partial charge in [0.25, 0.3) is 0 Å². The molecule has 0 spiro atoms. The number of anilines is 1. The molecule has 0 saturated carbocycles. The molecule has 5 nitrogen and oxygen atoms in total. The number of carbonyl (C=O) groups is 2. The minimum Gasteiger partial charge on any atom is -0.349 e. The van der Waals surface area contributed by atoms with Crippen LogP contribution in [0.2, 0.25) is 0 Å². The number of hydrogen-bond donors (Lipinski definition) is 3. The molecule has 3 N–H and O–H groups in total. The van der Waals surface area contributed by atoms with E-state index in [0.717, 1.165) is 11.6 Å². The monoisotopic (exact) mass is 427 g/mol. The third-order valence-electron chi connectivity index (χ3n) is 4.59. The fourth-order valence-electron chi connectivity index (χ4n) is 3.28. The van der Waals surface area contributed by atoms with Gasteiger partial charge >= 0.3 is 0 Å². The highest BCUT2D eigenvalue weighted by Crippen LogP contribution is 2.26. The van der Waals surface area contributed by atoms with Crippen molar-refractivity contribution in [3.05, 3.63) is 64.5 Å². The average Bonchev–Trinajstić information content (AvgIpc) is 2.63. The summed E-state index contributed by atoms with van der Waals surface area (Å²) in [5.41, 5.74) is 1.40. The van der Waals surface area contributed by atoms with Crippen molar-refractivity contribution in [1.82, 2.24) is 10.6 Å². The zero-order valence-electron chi connectivity index (χ0n) is 15.7. The summed E-state index contributed by atoms with van der Waals surface area (Å²) in [6.07, 6.45) is 0.181. The summed E-state index contributed by atoms with van der Waals surface area (Å²) < 4.78 is 41.9. The van der Waals surface area contributed by atoms with Gasteiger partial charge in [0.05, 0.1) is 18.2 Å². The average molecular weight is 428 g/mol. The van der Waals surface area contributed by atoms with Crippen LogP contribution in [0.5, 0.6) is 0 Å². The van der Waals surface area contributed by atoms with Crippen LogP contribution >= 0.6 is 12.4 Å². The molecule has 2 aromatic carbocycles. The third-order valence-corrected chi connectivity index (χ3v) is 4.59. The van der Waals surface area contributed by atoms with Gasteiger partial charge in [-0.3, -0.25) is 9.59 Å². The van der Waals surface area contributed by atoms with Crippen LogP contribution in [-0.2, 0) is 22.6 Å². The topological polar surface area (TPSA) is 70.2 Å². The quantitative estimate of drug-likeness (QED) is 0.685. The van der Waals surface area contributed by atoms with E-state index in [9.17, 15) is 22.8 Å². The molecule has 0 radical (unpaired) electrons. The Labute approximate surface area is 172 Å². The molecule has 1 atom stereocenters. The van der Waals surface area contributed by atoms with Gasteiger partial charge in [0.2, 0.25) is 11.8 Å². The highest BCUT2D eigenvalue weighted by Gasteiger charge is 2.23. The Kier molecular flexibility index (Phi) is 7.64. The van der Waals surface area contributed by atoms with E-state index in [-0.39, 0.29) is 30.1 Å². The Hall–Kier alpha value is -2.58. The van der Waals surface area contributed by atoms with Gasteiger partial charge in [0, 0.05) is 25.1 Å². The second-order valence-corrected chi connectivity index (χ2v) is 6.66. The van der Waals surface area contributed by atoms with Gasteiger partial charge in [-0.15, -0.1) is 12.4 Å². The second-order valence-electron chi connectivity index (χ2n) is 6.66. The minimum atomic E-state index is -1.01. The number of amides is 2. The second kappa shape index (κ2) is 9.76. The molecule has 0 aromatic heterocycles. The number of carbonyl (C=O) groups excluding carboxylic acids is 2. The molecule has 1 unspecified atom stereocenters. The van der Waals surface area contributed by atoms with Gasteiger partial charge in [0.1, 0.15) is 17.5 Å². The molecule has 1 aliphatic heterocycles. The molecule has 2 amide bonds. The first-order valence-corrected chi connectivity index (χ1v) is 8.88. The first-order valence-electron chi connectivity index (χ1n) is 8.88. The lowest BCUT2D eigenvalue weighted by Crippen LogP contribution is -2.30. The minimum absolute atomic E-state index is 0. The van der Waals surface area contributed by atoms with E-state index in [1.165, 1.54) is 19.1 Å². The fraction of sp³-hybridized carbons (Fsp3) is 0.300. The van der Waals surface area contributed by atoms with E-state index >= 15 is 0 Å². The first kappa shape index (κ1) is 22.7. The van der Waals surface area contributed by atoms with Crippen LogP contribution in [0.1, 0.15) is 36.1 Å². The van der Waals surface area contributed by atoms with Crippen molar-refractivity contribution < 1.29 is 22.8 Å². The molecule has 9 heteroatoms. The van der Waals surface area contributed by atoms with E-state index in [0.29, 0.717) is 31.1 Å². The van der Waals surface area contributed by atoms with Crippen LogP contribution < -0.4 is 16.0 Å². The molecule has 0 fully saturated rings. The summed E-state index contributed by atoms with van der Waals surface area (Å²) in [6.45, 7) is 2.44. The smallest absolute Gasteiger partial charge is 0.226 e. The van der Waals surface area contributed by atoms with Gasteiger partial charge in [-0.05, 0) is 36.2 Å². The van der Waals surface area contributed by atoms with E-state index < -0.39 is 35.3 Å². The predicted octanol–water partition coefficient (Wildman–Crippen LogP) is 3.38. The Bertz CT molecular complexity index is 924. The Morgan fingerprint density at radius 3 is 2.62 bits per heavy atom. The van der Waals surface area contributed by atoms with E-state index in [1.54, 1.807) is 6.07 Å². The molecule has 1 heterocycles. The summed E-state index contributed by atoms with van der Waals surface area (Å²) in [4.78, 5) is 23.9. The van der Waals surface area contributed by atoms with Gasteiger partial charge < -0.3 is 16.0 Å². The number of rotatable bonds is 5. The van der Waals surface area contributed by atoms with Crippen molar-refractivity contribution in [1.29, 1.82) is 0 Å². The normalized spacial score (nSPS) is 13.7. The van der Waals surface area contributed by atoms with Crippen LogP contribution in [0.3, 0.4) is 0 Å². The van der Waals surface area contributed by atoms with Gasteiger partial charge in [-0.2, -0.15) is 0 Å². The SMILES string of the molecule is CC(=O)NC(CC(=O)Nc1ccc2c(c1F)CCNC2)c1ccc(F)cc1F.Cl. The highest BCUT2D eigenvalue weighted by atomic mass is 35.5. The van der Waals surface area contributed by atoms with Gasteiger partial charge in [0.15, 0.2) is 0 Å². The summed E-state index contributed by atoms with van der Waals surface area (Å²) in [6, 6.07) is 5.10. The predicted molar refractivity (Wildman–Crippen MR) is 105 cm³/mol. The van der Waals surface area contributed by atoms with Crippen molar-refractivity contribution in [3.63, 3.8) is 0 Å². The fourth-order valence-corrected chi connectivity index (χ4v) is 3.28. The maximum Gasteiger partial charge on any atom is 0.226 e. The first-order chi connectivity index (χ1) is 13.3. The maximum absolute atomic E-state index is 14.7. The molecular formula is C20H21ClF3N3O2. The third kappa shape index (κ3) is 5.48. The molecular weight excluding hydrogens is 407 g/mol. The number of nitrogens with one attached hydrogen (secondary N) is 3. The lowest BCUT2D eigenvalue weighted by atomic mass is 9.99. The molecule has 156 valence electrons. The van der Waals surface area contributed by atoms with Crippen molar-refractivity contribution in [2.45, 2.75) is 32.4 Å². The molecule has 0 aliphatic carbocycles. The lowest BCUT2D eigenvalue weighted by Gasteiger charge is -2.21. The standard InChI is InChI=1S/C20H20F3N3O2.ClH/c1-11(27)25-18(15-4-3-13(21)8-16(15)22)9-19(28)26-17-5-2-12-10-24-7-6-14(12)20(17)23;/h2-5,8,18,24H,6-7,9-10H2,1H3,(H,25,27)(H,26,28);1H. The summed E-state index contributed by atoms with van der Waals surface area (Å²) in [5.74, 6) is -3.21. The summed E-state index contributed by atoms with van der Waals surface area (Å²) >= 11 is 0. The number of benzene rings is 2. The van der Waals surface area contributed by atoms with E-state index in [2.05, 4.69) is 16.0 Å². The van der Waals surface area contributed by atoms with Gasteiger partial charge in [-0.1, -0.05) is 12.1 Å². The molecule has 0 bridgehead atoms. The van der Waals surface area contributed by atoms with Crippen LogP contribution in [0.4, 0.5) is 18.9 Å². The Morgan fingerprint density at radius 1 is 1.17 bits per heavy atom. The van der Waals surface area contributed by atoms with E-state index in [1.807, 2.05) is 0 Å². The summed E-state index contributed by atoms with van der Waals surface area (Å²) in [7, 11) is 0. The molecule has 0 saturated heterocycles. The van der Waals surface area contributed by atoms with Crippen LogP contribution in [-0.4, -0.2) is 18.4 Å². The van der Waals surface area contributed by atoms with E-state index in [4.69, 9.17) is 0 Å². The zero-order valence-corrected chi connectivity index (χ0v) is 16.5. The molecule has 2 aromatic rings. The van der Waals surface area contributed by atoms with Crippen molar-refractivity contribution in [2.24, 2.45) is 0 Å². The molecule has 29 heavy (non-hydrogen) atoms. The van der Waals surface area contributed by atoms with Gasteiger partial charge in [-0.25, -0.2) is 13.2 Å². The molecule has 1 aliphatic rings. The van der Waals surface area contributed by atoms with Crippen molar-refractivity contribution in [2.75, 3.05) is 11.9 Å². The Balaban J connectivity index is 0.00000300. The summed E-state index contributed by atoms with van der Waals surface area (Å²) in [5, 5.41) is 8.10. The Morgan fingerprint density at radius 2 is 1.93 bits per heavy atom. The molecule has 3 rings (SSSR count).